The van der Waals surface area contributed by atoms with Gasteiger partial charge in [0.1, 0.15) is 11.3 Å². The maximum atomic E-state index is 9.07. The van der Waals surface area contributed by atoms with Crippen molar-refractivity contribution in [2.24, 2.45) is 5.92 Å². The van der Waals surface area contributed by atoms with Gasteiger partial charge in [0.2, 0.25) is 0 Å². The van der Waals surface area contributed by atoms with Gasteiger partial charge in [-0.25, -0.2) is 0 Å². The zero-order chi connectivity index (χ0) is 14.4. The zero-order valence-electron chi connectivity index (χ0n) is 12.1. The van der Waals surface area contributed by atoms with Gasteiger partial charge in [0.25, 0.3) is 0 Å². The van der Waals surface area contributed by atoms with E-state index in [1.807, 2.05) is 30.0 Å². The molecule has 2 aromatic rings. The van der Waals surface area contributed by atoms with Gasteiger partial charge in [-0.05, 0) is 30.3 Å². The lowest BCUT2D eigenvalue weighted by Crippen LogP contribution is -2.23. The fraction of sp³-hybridized carbons (Fsp3) is 0.500. The van der Waals surface area contributed by atoms with E-state index in [0.717, 1.165) is 34.8 Å². The van der Waals surface area contributed by atoms with Crippen molar-refractivity contribution < 1.29 is 9.52 Å². The van der Waals surface area contributed by atoms with Crippen molar-refractivity contribution in [2.45, 2.75) is 19.9 Å². The molecule has 0 saturated heterocycles. The number of rotatable bonds is 8. The first kappa shape index (κ1) is 15.4. The number of furan rings is 1. The van der Waals surface area contributed by atoms with Crippen LogP contribution in [0.25, 0.3) is 11.0 Å². The normalized spacial score (nSPS) is 14.6. The monoisotopic (exact) mass is 293 g/mol. The molecule has 1 aromatic carbocycles. The molecule has 0 amide bonds. The van der Waals surface area contributed by atoms with Gasteiger partial charge >= 0.3 is 0 Å². The first-order valence-corrected chi connectivity index (χ1v) is 8.30. The molecule has 0 saturated carbocycles. The molecule has 0 aliphatic rings. The van der Waals surface area contributed by atoms with Gasteiger partial charge in [-0.2, -0.15) is 11.8 Å². The Hall–Kier alpha value is -0.970. The smallest absolute Gasteiger partial charge is 0.134 e. The van der Waals surface area contributed by atoms with Crippen LogP contribution in [0.15, 0.2) is 34.7 Å². The van der Waals surface area contributed by atoms with Crippen LogP contribution in [-0.4, -0.2) is 29.8 Å². The number of fused-ring (bicyclic) bond motifs is 1. The minimum atomic E-state index is 0.225. The second-order valence-electron chi connectivity index (χ2n) is 5.12. The van der Waals surface area contributed by atoms with Gasteiger partial charge in [0.15, 0.2) is 0 Å². The molecule has 110 valence electrons. The van der Waals surface area contributed by atoms with E-state index in [0.29, 0.717) is 5.92 Å². The van der Waals surface area contributed by atoms with E-state index in [4.69, 9.17) is 9.52 Å². The van der Waals surface area contributed by atoms with Gasteiger partial charge in [-0.1, -0.05) is 32.0 Å². The molecule has 2 unspecified atom stereocenters. The Morgan fingerprint density at radius 1 is 1.30 bits per heavy atom. The van der Waals surface area contributed by atoms with E-state index in [1.165, 1.54) is 0 Å². The highest BCUT2D eigenvalue weighted by Crippen LogP contribution is 2.26. The number of para-hydroxylation sites is 1. The topological polar surface area (TPSA) is 45.4 Å². The van der Waals surface area contributed by atoms with Gasteiger partial charge in [-0.15, -0.1) is 0 Å². The Morgan fingerprint density at radius 2 is 2.10 bits per heavy atom. The number of nitrogens with one attached hydrogen (secondary N) is 1. The van der Waals surface area contributed by atoms with E-state index in [2.05, 4.69) is 31.3 Å². The largest absolute Gasteiger partial charge is 0.459 e. The first-order valence-electron chi connectivity index (χ1n) is 7.15. The second-order valence-corrected chi connectivity index (χ2v) is 6.20. The summed E-state index contributed by atoms with van der Waals surface area (Å²) in [5, 5.41) is 13.7. The minimum absolute atomic E-state index is 0.225. The van der Waals surface area contributed by atoms with Crippen molar-refractivity contribution in [3.05, 3.63) is 36.1 Å². The molecule has 0 bridgehead atoms. The maximum absolute atomic E-state index is 9.07. The summed E-state index contributed by atoms with van der Waals surface area (Å²) in [6, 6.07) is 10.5. The van der Waals surface area contributed by atoms with Gasteiger partial charge in [-0.3, -0.25) is 0 Å². The maximum Gasteiger partial charge on any atom is 0.134 e. The molecule has 0 aliphatic heterocycles. The summed E-state index contributed by atoms with van der Waals surface area (Å²) >= 11 is 1.86. The number of aliphatic hydroxyl groups excluding tert-OH is 1. The van der Waals surface area contributed by atoms with Crippen LogP contribution in [0.1, 0.15) is 25.6 Å². The first-order chi connectivity index (χ1) is 9.74. The second kappa shape index (κ2) is 7.72. The summed E-state index contributed by atoms with van der Waals surface area (Å²) in [5.74, 6) is 3.27. The number of aliphatic hydroxyl groups is 1. The molecule has 3 nitrogen and oxygen atoms in total. The molecule has 0 radical (unpaired) electrons. The summed E-state index contributed by atoms with van der Waals surface area (Å²) in [4.78, 5) is 0. The van der Waals surface area contributed by atoms with E-state index in [-0.39, 0.29) is 12.6 Å². The summed E-state index contributed by atoms with van der Waals surface area (Å²) in [6.45, 7) is 5.34. The van der Waals surface area contributed by atoms with Crippen LogP contribution in [-0.2, 0) is 0 Å². The van der Waals surface area contributed by atoms with Crippen molar-refractivity contribution >= 4 is 22.7 Å². The fourth-order valence-electron chi connectivity index (χ4n) is 2.10. The predicted octanol–water partition coefficient (Wildman–Crippen LogP) is 3.45. The van der Waals surface area contributed by atoms with Crippen molar-refractivity contribution in [1.29, 1.82) is 0 Å². The molecule has 0 aliphatic carbocycles. The molecular formula is C16H23NO2S. The molecule has 4 heteroatoms. The van der Waals surface area contributed by atoms with Crippen LogP contribution >= 0.6 is 11.8 Å². The Labute approximate surface area is 124 Å². The van der Waals surface area contributed by atoms with Gasteiger partial charge in [0, 0.05) is 17.7 Å². The van der Waals surface area contributed by atoms with E-state index < -0.39 is 0 Å². The van der Waals surface area contributed by atoms with Gasteiger partial charge < -0.3 is 14.8 Å². The number of thioether (sulfide) groups is 1. The SMILES string of the molecule is CCNC(CSCC(C)CO)c1cc2ccccc2o1. The molecule has 0 fully saturated rings. The van der Waals surface area contributed by atoms with Crippen LogP contribution in [0.2, 0.25) is 0 Å². The summed E-state index contributed by atoms with van der Waals surface area (Å²) in [7, 11) is 0. The molecule has 0 spiro atoms. The third-order valence-corrected chi connectivity index (χ3v) is 4.61. The standard InChI is InChI=1S/C16H23NO2S/c1-3-17-14(11-20-10-12(2)9-18)16-8-13-6-4-5-7-15(13)19-16/h4-8,12,14,17-18H,3,9-11H2,1-2H3. The van der Waals surface area contributed by atoms with Crippen molar-refractivity contribution in [3.63, 3.8) is 0 Å². The number of hydrogen-bond acceptors (Lipinski definition) is 4. The minimum Gasteiger partial charge on any atom is -0.459 e. The van der Waals surface area contributed by atoms with Crippen LogP contribution < -0.4 is 5.32 Å². The summed E-state index contributed by atoms with van der Waals surface area (Å²) in [5.41, 5.74) is 0.944. The molecule has 20 heavy (non-hydrogen) atoms. The summed E-state index contributed by atoms with van der Waals surface area (Å²) in [6.07, 6.45) is 0. The molecule has 1 heterocycles. The lowest BCUT2D eigenvalue weighted by atomic mass is 10.2. The van der Waals surface area contributed by atoms with Crippen molar-refractivity contribution in [1.82, 2.24) is 5.32 Å². The molecule has 2 atom stereocenters. The Kier molecular flexibility index (Phi) is 5.95. The van der Waals surface area contributed by atoms with E-state index in [9.17, 15) is 0 Å². The number of hydrogen-bond donors (Lipinski definition) is 2. The Morgan fingerprint density at radius 3 is 2.80 bits per heavy atom. The van der Waals surface area contributed by atoms with Crippen molar-refractivity contribution in [2.75, 3.05) is 24.7 Å². The quantitative estimate of drug-likeness (QED) is 0.782. The lowest BCUT2D eigenvalue weighted by molar-refractivity contribution is 0.250. The highest BCUT2D eigenvalue weighted by molar-refractivity contribution is 7.99. The average molecular weight is 293 g/mol. The zero-order valence-corrected chi connectivity index (χ0v) is 13.0. The van der Waals surface area contributed by atoms with E-state index in [1.54, 1.807) is 0 Å². The average Bonchev–Trinajstić information content (AvgIpc) is 2.89. The van der Waals surface area contributed by atoms with Crippen LogP contribution in [0, 0.1) is 5.92 Å². The highest BCUT2D eigenvalue weighted by Gasteiger charge is 2.16. The summed E-state index contributed by atoms with van der Waals surface area (Å²) < 4.78 is 5.94. The Balaban J connectivity index is 2.03. The Bertz CT molecular complexity index is 493. The lowest BCUT2D eigenvalue weighted by Gasteiger charge is -2.16. The molecule has 2 rings (SSSR count). The van der Waals surface area contributed by atoms with Crippen molar-refractivity contribution in [3.8, 4) is 0 Å². The molecule has 2 N–H and O–H groups in total. The third-order valence-electron chi connectivity index (χ3n) is 3.24. The highest BCUT2D eigenvalue weighted by atomic mass is 32.2. The number of benzene rings is 1. The van der Waals surface area contributed by atoms with Crippen LogP contribution in [0.4, 0.5) is 0 Å². The van der Waals surface area contributed by atoms with Crippen LogP contribution in [0.5, 0.6) is 0 Å². The molecule has 1 aromatic heterocycles. The van der Waals surface area contributed by atoms with Crippen LogP contribution in [0.3, 0.4) is 0 Å². The van der Waals surface area contributed by atoms with Gasteiger partial charge in [0.05, 0.1) is 6.04 Å². The predicted molar refractivity (Wildman–Crippen MR) is 86.2 cm³/mol. The fourth-order valence-corrected chi connectivity index (χ4v) is 3.26. The molecular weight excluding hydrogens is 270 g/mol. The van der Waals surface area contributed by atoms with E-state index >= 15 is 0 Å². The third kappa shape index (κ3) is 4.01.